The minimum absolute atomic E-state index is 0.357. The van der Waals surface area contributed by atoms with Gasteiger partial charge in [0.1, 0.15) is 0 Å². The van der Waals surface area contributed by atoms with Gasteiger partial charge in [-0.05, 0) is 0 Å². The number of carbonyl (C=O) groups excluding carboxylic acids is 1. The number of carbonyl (C=O) groups is 1. The van der Waals surface area contributed by atoms with E-state index in [1.54, 1.807) is 0 Å². The van der Waals surface area contributed by atoms with Gasteiger partial charge in [0.05, 0.1) is 13.1 Å². The summed E-state index contributed by atoms with van der Waals surface area (Å²) in [5, 5.41) is 0. The van der Waals surface area contributed by atoms with Gasteiger partial charge in [-0.15, -0.1) is 0 Å². The van der Waals surface area contributed by atoms with Gasteiger partial charge < -0.3 is 4.74 Å². The van der Waals surface area contributed by atoms with Crippen LogP contribution in [0.5, 0.6) is 0 Å². The first-order valence-corrected chi connectivity index (χ1v) is 2.08. The fourth-order valence-electron chi connectivity index (χ4n) is 0.210. The molecule has 0 atom stereocenters. The number of rotatable bonds is 3. The second-order valence-electron chi connectivity index (χ2n) is 1.06. The lowest BCUT2D eigenvalue weighted by molar-refractivity contribution is -0.147. The van der Waals surface area contributed by atoms with Crippen molar-refractivity contribution in [3.63, 3.8) is 0 Å². The quantitative estimate of drug-likeness (QED) is 0.520. The average Bonchev–Trinajstić information content (AvgIpc) is 1.68. The molecule has 0 aliphatic carbocycles. The van der Waals surface area contributed by atoms with E-state index in [0.717, 1.165) is 0 Å². The summed E-state index contributed by atoms with van der Waals surface area (Å²) >= 11 is 0. The molecule has 0 saturated carbocycles. The van der Waals surface area contributed by atoms with Crippen molar-refractivity contribution in [3.8, 4) is 0 Å². The Morgan fingerprint density at radius 3 is 2.50 bits per heavy atom. The van der Waals surface area contributed by atoms with Gasteiger partial charge in [0.2, 0.25) is 6.86 Å². The molecule has 4 heteroatoms. The van der Waals surface area contributed by atoms with Crippen LogP contribution in [0.4, 0.5) is 8.78 Å². The van der Waals surface area contributed by atoms with Crippen molar-refractivity contribution in [2.45, 2.75) is 6.42 Å². The molecule has 0 amide bonds. The number of esters is 1. The third-order valence-electron chi connectivity index (χ3n) is 0.514. The largest absolute Gasteiger partial charge is 0.434 e. The maximum Gasteiger partial charge on any atom is 0.310 e. The van der Waals surface area contributed by atoms with E-state index in [-0.39, 0.29) is 6.42 Å². The smallest absolute Gasteiger partial charge is 0.310 e. The zero-order valence-electron chi connectivity index (χ0n) is 4.19. The maximum atomic E-state index is 11.1. The summed E-state index contributed by atoms with van der Waals surface area (Å²) < 4.78 is 25.9. The molecule has 48 valence electrons. The van der Waals surface area contributed by atoms with Crippen molar-refractivity contribution in [2.24, 2.45) is 0 Å². The molecule has 0 aromatic rings. The van der Waals surface area contributed by atoms with Crippen molar-refractivity contribution in [2.75, 3.05) is 13.5 Å². The van der Waals surface area contributed by atoms with Gasteiger partial charge in [-0.3, -0.25) is 9.18 Å². The van der Waals surface area contributed by atoms with Crippen LogP contribution in [0, 0.1) is 0 Å². The highest BCUT2D eigenvalue weighted by molar-refractivity contribution is 5.69. The Kier molecular flexibility index (Phi) is 4.11. The number of halogens is 2. The van der Waals surface area contributed by atoms with Crippen LogP contribution in [0.2, 0.25) is 0 Å². The van der Waals surface area contributed by atoms with Crippen molar-refractivity contribution < 1.29 is 18.3 Å². The van der Waals surface area contributed by atoms with Crippen molar-refractivity contribution in [3.05, 3.63) is 0 Å². The third-order valence-corrected chi connectivity index (χ3v) is 0.514. The van der Waals surface area contributed by atoms with E-state index in [4.69, 9.17) is 0 Å². The highest BCUT2D eigenvalue weighted by atomic mass is 19.1. The molecule has 0 aliphatic heterocycles. The van der Waals surface area contributed by atoms with Crippen LogP contribution in [0.25, 0.3) is 0 Å². The second-order valence-corrected chi connectivity index (χ2v) is 1.06. The lowest BCUT2D eigenvalue weighted by atomic mass is 10.5. The Bertz CT molecular complexity index is 66.4. The molecular formula is C4H6F2O2. The fourth-order valence-corrected chi connectivity index (χ4v) is 0.210. The van der Waals surface area contributed by atoms with E-state index in [1.165, 1.54) is 0 Å². The molecule has 0 heterocycles. The molecule has 0 unspecified atom stereocenters. The SMILES string of the molecule is O=C(CCF)OCF. The van der Waals surface area contributed by atoms with E-state index in [1.807, 2.05) is 0 Å². The standard InChI is InChI=1S/C4H6F2O2/c5-2-1-4(7)8-3-6/h1-3H2. The van der Waals surface area contributed by atoms with E-state index >= 15 is 0 Å². The van der Waals surface area contributed by atoms with Gasteiger partial charge in [0.25, 0.3) is 0 Å². The lowest BCUT2D eigenvalue weighted by Crippen LogP contribution is -2.03. The van der Waals surface area contributed by atoms with Gasteiger partial charge in [-0.25, -0.2) is 4.39 Å². The summed E-state index contributed by atoms with van der Waals surface area (Å²) in [5.41, 5.74) is 0. The van der Waals surface area contributed by atoms with Gasteiger partial charge in [-0.1, -0.05) is 0 Å². The third kappa shape index (κ3) is 3.52. The first-order chi connectivity index (χ1) is 3.81. The molecule has 0 spiro atoms. The molecule has 0 fully saturated rings. The average molecular weight is 124 g/mol. The van der Waals surface area contributed by atoms with Crippen molar-refractivity contribution in [1.29, 1.82) is 0 Å². The van der Waals surface area contributed by atoms with Crippen molar-refractivity contribution in [1.82, 2.24) is 0 Å². The summed E-state index contributed by atoms with van der Waals surface area (Å²) in [6.45, 7) is -1.96. The summed E-state index contributed by atoms with van der Waals surface area (Å²) in [7, 11) is 0. The molecular weight excluding hydrogens is 118 g/mol. The van der Waals surface area contributed by atoms with Gasteiger partial charge in [0, 0.05) is 0 Å². The van der Waals surface area contributed by atoms with E-state index in [2.05, 4.69) is 4.74 Å². The lowest BCUT2D eigenvalue weighted by Gasteiger charge is -1.92. The predicted octanol–water partition coefficient (Wildman–Crippen LogP) is 0.816. The van der Waals surface area contributed by atoms with Gasteiger partial charge in [0.15, 0.2) is 0 Å². The predicted molar refractivity (Wildman–Crippen MR) is 22.7 cm³/mol. The molecule has 0 saturated heterocycles. The van der Waals surface area contributed by atoms with Gasteiger partial charge in [-0.2, -0.15) is 0 Å². The van der Waals surface area contributed by atoms with Gasteiger partial charge >= 0.3 is 5.97 Å². The molecule has 8 heavy (non-hydrogen) atoms. The van der Waals surface area contributed by atoms with Crippen LogP contribution in [0.1, 0.15) is 6.42 Å². The van der Waals surface area contributed by atoms with Crippen LogP contribution >= 0.6 is 0 Å². The van der Waals surface area contributed by atoms with E-state index in [9.17, 15) is 13.6 Å². The Morgan fingerprint density at radius 2 is 2.12 bits per heavy atom. The Labute approximate surface area is 45.4 Å². The van der Waals surface area contributed by atoms with Crippen molar-refractivity contribution >= 4 is 5.97 Å². The first-order valence-electron chi connectivity index (χ1n) is 2.08. The molecule has 0 aromatic heterocycles. The monoisotopic (exact) mass is 124 g/mol. The second kappa shape index (κ2) is 4.49. The molecule has 2 nitrogen and oxygen atoms in total. The number of ether oxygens (including phenoxy) is 1. The topological polar surface area (TPSA) is 26.3 Å². The van der Waals surface area contributed by atoms with Crippen LogP contribution in [0.3, 0.4) is 0 Å². The molecule has 0 aliphatic rings. The minimum atomic E-state index is -1.17. The summed E-state index contributed by atoms with van der Waals surface area (Å²) in [6.07, 6.45) is -0.357. The number of hydrogen-bond acceptors (Lipinski definition) is 2. The highest BCUT2D eigenvalue weighted by Crippen LogP contribution is 1.85. The normalized spacial score (nSPS) is 8.75. The zero-order valence-corrected chi connectivity index (χ0v) is 4.19. The molecule has 0 N–H and O–H groups in total. The summed E-state index contributed by atoms with van der Waals surface area (Å²) in [5.74, 6) is -0.838. The number of alkyl halides is 2. The molecule has 0 rings (SSSR count). The Morgan fingerprint density at radius 1 is 1.50 bits per heavy atom. The summed E-state index contributed by atoms with van der Waals surface area (Å²) in [6, 6.07) is 0. The molecule has 0 radical (unpaired) electrons. The van der Waals surface area contributed by atoms with Crippen LogP contribution in [-0.2, 0) is 9.53 Å². The van der Waals surface area contributed by atoms with Crippen LogP contribution in [-0.4, -0.2) is 19.5 Å². The van der Waals surface area contributed by atoms with E-state index < -0.39 is 19.5 Å². The Balaban J connectivity index is 3.06. The fraction of sp³-hybridized carbons (Fsp3) is 0.750. The summed E-state index contributed by atoms with van der Waals surface area (Å²) in [4.78, 5) is 9.94. The minimum Gasteiger partial charge on any atom is -0.434 e. The molecule has 0 aromatic carbocycles. The van der Waals surface area contributed by atoms with Crippen LogP contribution in [0.15, 0.2) is 0 Å². The van der Waals surface area contributed by atoms with E-state index in [0.29, 0.717) is 0 Å². The Hall–Kier alpha value is -0.670. The van der Waals surface area contributed by atoms with Crippen LogP contribution < -0.4 is 0 Å². The number of hydrogen-bond donors (Lipinski definition) is 0. The highest BCUT2D eigenvalue weighted by Gasteiger charge is 1.98. The molecule has 0 bridgehead atoms. The maximum absolute atomic E-state index is 11.1. The first kappa shape index (κ1) is 7.33. The zero-order chi connectivity index (χ0) is 6.41.